The van der Waals surface area contributed by atoms with Gasteiger partial charge in [0.25, 0.3) is 0 Å². The lowest BCUT2D eigenvalue weighted by Crippen LogP contribution is -2.23. The molecule has 0 aromatic heterocycles. The number of nitrogens with one attached hydrogen (secondary N) is 1. The molecule has 0 bridgehead atoms. The zero-order valence-electron chi connectivity index (χ0n) is 8.68. The van der Waals surface area contributed by atoms with Crippen LogP contribution < -0.4 is 5.32 Å². The normalized spacial score (nSPS) is 10.3. The van der Waals surface area contributed by atoms with Gasteiger partial charge in [-0.25, -0.2) is 0 Å². The highest BCUT2D eigenvalue weighted by Gasteiger charge is 1.90. The van der Waals surface area contributed by atoms with Gasteiger partial charge < -0.3 is 15.0 Å². The molecule has 0 heterocycles. The lowest BCUT2D eigenvalue weighted by Gasteiger charge is -2.09. The molecule has 13 heavy (non-hydrogen) atoms. The van der Waals surface area contributed by atoms with E-state index in [1.807, 2.05) is 14.1 Å². The Morgan fingerprint density at radius 2 is 2.08 bits per heavy atom. The van der Waals surface area contributed by atoms with Crippen molar-refractivity contribution in [2.24, 2.45) is 0 Å². The first-order chi connectivity index (χ1) is 6.27. The van der Waals surface area contributed by atoms with Gasteiger partial charge in [-0.15, -0.1) is 12.3 Å². The average Bonchev–Trinajstić information content (AvgIpc) is 2.09. The van der Waals surface area contributed by atoms with Crippen LogP contribution in [-0.2, 0) is 4.74 Å². The summed E-state index contributed by atoms with van der Waals surface area (Å²) < 4.78 is 5.37. The summed E-state index contributed by atoms with van der Waals surface area (Å²) in [5.41, 5.74) is 0. The van der Waals surface area contributed by atoms with Crippen LogP contribution in [0, 0.1) is 12.3 Å². The molecule has 3 nitrogen and oxygen atoms in total. The van der Waals surface area contributed by atoms with E-state index < -0.39 is 0 Å². The quantitative estimate of drug-likeness (QED) is 0.430. The predicted octanol–water partition coefficient (Wildman–Crippen LogP) is 0.178. The molecule has 0 saturated carbocycles. The van der Waals surface area contributed by atoms with Crippen LogP contribution in [0.5, 0.6) is 0 Å². The van der Waals surface area contributed by atoms with E-state index in [0.717, 1.165) is 39.3 Å². The van der Waals surface area contributed by atoms with Crippen LogP contribution in [0.25, 0.3) is 0 Å². The molecule has 0 saturated heterocycles. The van der Waals surface area contributed by atoms with Gasteiger partial charge >= 0.3 is 0 Å². The van der Waals surface area contributed by atoms with Crippen molar-refractivity contribution in [2.45, 2.75) is 6.42 Å². The highest BCUT2D eigenvalue weighted by molar-refractivity contribution is 4.83. The minimum Gasteiger partial charge on any atom is -0.379 e. The summed E-state index contributed by atoms with van der Waals surface area (Å²) in [7, 11) is 4.07. The molecular formula is C10H20N2O. The molecule has 0 atom stereocenters. The van der Waals surface area contributed by atoms with Crippen molar-refractivity contribution in [3.8, 4) is 12.3 Å². The Labute approximate surface area is 81.4 Å². The van der Waals surface area contributed by atoms with E-state index in [-0.39, 0.29) is 0 Å². The van der Waals surface area contributed by atoms with E-state index in [2.05, 4.69) is 16.1 Å². The molecule has 0 rings (SSSR count). The van der Waals surface area contributed by atoms with Crippen LogP contribution in [0.2, 0.25) is 0 Å². The third-order valence-electron chi connectivity index (χ3n) is 1.55. The molecule has 0 aromatic rings. The SMILES string of the molecule is C#CCCNCCOCCN(C)C. The van der Waals surface area contributed by atoms with Gasteiger partial charge in [-0.3, -0.25) is 0 Å². The van der Waals surface area contributed by atoms with E-state index in [4.69, 9.17) is 11.2 Å². The first kappa shape index (κ1) is 12.4. The molecule has 0 unspecified atom stereocenters. The number of terminal acetylenes is 1. The third kappa shape index (κ3) is 11.4. The van der Waals surface area contributed by atoms with Crippen LogP contribution in [0.4, 0.5) is 0 Å². The van der Waals surface area contributed by atoms with Gasteiger partial charge in [0.05, 0.1) is 13.2 Å². The molecule has 0 aliphatic carbocycles. The number of nitrogens with zero attached hydrogens (tertiary/aromatic N) is 1. The molecule has 0 aromatic carbocycles. The van der Waals surface area contributed by atoms with E-state index >= 15 is 0 Å². The first-order valence-corrected chi connectivity index (χ1v) is 4.64. The van der Waals surface area contributed by atoms with Gasteiger partial charge in [-0.05, 0) is 14.1 Å². The molecule has 76 valence electrons. The maximum atomic E-state index is 5.37. The van der Waals surface area contributed by atoms with Gasteiger partial charge in [0.15, 0.2) is 0 Å². The number of likely N-dealkylation sites (N-methyl/N-ethyl adjacent to an activating group) is 1. The Hall–Kier alpha value is -0.560. The molecule has 3 heteroatoms. The second-order valence-corrected chi connectivity index (χ2v) is 3.12. The second-order valence-electron chi connectivity index (χ2n) is 3.12. The van der Waals surface area contributed by atoms with E-state index in [1.165, 1.54) is 0 Å². The summed E-state index contributed by atoms with van der Waals surface area (Å²) in [6.07, 6.45) is 5.89. The lowest BCUT2D eigenvalue weighted by molar-refractivity contribution is 0.119. The van der Waals surface area contributed by atoms with Crippen LogP contribution in [0.3, 0.4) is 0 Å². The first-order valence-electron chi connectivity index (χ1n) is 4.64. The Morgan fingerprint density at radius 1 is 1.31 bits per heavy atom. The van der Waals surface area contributed by atoms with Crippen molar-refractivity contribution in [1.82, 2.24) is 10.2 Å². The zero-order valence-corrected chi connectivity index (χ0v) is 8.68. The van der Waals surface area contributed by atoms with Gasteiger partial charge in [-0.2, -0.15) is 0 Å². The number of hydrogen-bond acceptors (Lipinski definition) is 3. The number of hydrogen-bond donors (Lipinski definition) is 1. The standard InChI is InChI=1S/C10H20N2O/c1-4-5-6-11-7-9-13-10-8-12(2)3/h1,11H,5-10H2,2-3H3. The van der Waals surface area contributed by atoms with Crippen molar-refractivity contribution in [2.75, 3.05) is 46.9 Å². The van der Waals surface area contributed by atoms with Crippen molar-refractivity contribution >= 4 is 0 Å². The second kappa shape index (κ2) is 9.53. The summed E-state index contributed by atoms with van der Waals surface area (Å²) >= 11 is 0. The smallest absolute Gasteiger partial charge is 0.0593 e. The average molecular weight is 184 g/mol. The van der Waals surface area contributed by atoms with E-state index in [0.29, 0.717) is 0 Å². The molecular weight excluding hydrogens is 164 g/mol. The maximum Gasteiger partial charge on any atom is 0.0593 e. The Morgan fingerprint density at radius 3 is 2.69 bits per heavy atom. The number of rotatable bonds is 8. The maximum absolute atomic E-state index is 5.37. The highest BCUT2D eigenvalue weighted by Crippen LogP contribution is 1.78. The Balaban J connectivity index is 2.88. The summed E-state index contributed by atoms with van der Waals surface area (Å²) in [5, 5.41) is 3.19. The highest BCUT2D eigenvalue weighted by atomic mass is 16.5. The fraction of sp³-hybridized carbons (Fsp3) is 0.800. The number of ether oxygens (including phenoxy) is 1. The monoisotopic (exact) mass is 184 g/mol. The van der Waals surface area contributed by atoms with Gasteiger partial charge in [0.1, 0.15) is 0 Å². The summed E-state index contributed by atoms with van der Waals surface area (Å²) in [5.74, 6) is 2.57. The van der Waals surface area contributed by atoms with Gasteiger partial charge in [0.2, 0.25) is 0 Å². The minimum atomic E-state index is 0.762. The van der Waals surface area contributed by atoms with Crippen LogP contribution >= 0.6 is 0 Å². The minimum absolute atomic E-state index is 0.762. The van der Waals surface area contributed by atoms with Gasteiger partial charge in [-0.1, -0.05) is 0 Å². The predicted molar refractivity (Wildman–Crippen MR) is 55.7 cm³/mol. The van der Waals surface area contributed by atoms with Crippen molar-refractivity contribution in [3.63, 3.8) is 0 Å². The third-order valence-corrected chi connectivity index (χ3v) is 1.55. The Bertz CT molecular complexity index is 140. The van der Waals surface area contributed by atoms with Crippen LogP contribution in [0.15, 0.2) is 0 Å². The Kier molecular flexibility index (Phi) is 9.12. The summed E-state index contributed by atoms with van der Waals surface area (Å²) in [6.45, 7) is 4.30. The fourth-order valence-electron chi connectivity index (χ4n) is 0.779. The lowest BCUT2D eigenvalue weighted by atomic mass is 10.4. The van der Waals surface area contributed by atoms with Crippen molar-refractivity contribution in [1.29, 1.82) is 0 Å². The molecule has 1 N–H and O–H groups in total. The fourth-order valence-corrected chi connectivity index (χ4v) is 0.779. The van der Waals surface area contributed by atoms with Crippen molar-refractivity contribution in [3.05, 3.63) is 0 Å². The van der Waals surface area contributed by atoms with Crippen LogP contribution in [-0.4, -0.2) is 51.8 Å². The van der Waals surface area contributed by atoms with Gasteiger partial charge in [0, 0.05) is 26.1 Å². The van der Waals surface area contributed by atoms with Crippen molar-refractivity contribution < 1.29 is 4.74 Å². The van der Waals surface area contributed by atoms with E-state index in [1.54, 1.807) is 0 Å². The molecule has 0 spiro atoms. The van der Waals surface area contributed by atoms with E-state index in [9.17, 15) is 0 Å². The summed E-state index contributed by atoms with van der Waals surface area (Å²) in [6, 6.07) is 0. The van der Waals surface area contributed by atoms with Crippen LogP contribution in [0.1, 0.15) is 6.42 Å². The molecule has 0 aliphatic heterocycles. The largest absolute Gasteiger partial charge is 0.379 e. The summed E-state index contributed by atoms with van der Waals surface area (Å²) in [4.78, 5) is 2.10. The molecule has 0 aliphatic rings. The molecule has 0 amide bonds. The molecule has 0 fully saturated rings. The molecule has 0 radical (unpaired) electrons. The zero-order chi connectivity index (χ0) is 9.94. The topological polar surface area (TPSA) is 24.5 Å².